The van der Waals surface area contributed by atoms with Crippen LogP contribution in [-0.2, 0) is 6.18 Å². The minimum atomic E-state index is -4.30. The van der Waals surface area contributed by atoms with Crippen LogP contribution in [0.3, 0.4) is 0 Å². The van der Waals surface area contributed by atoms with Crippen molar-refractivity contribution < 1.29 is 13.2 Å². The lowest BCUT2D eigenvalue weighted by atomic mass is 10.0. The molecule has 18 heavy (non-hydrogen) atoms. The Kier molecular flexibility index (Phi) is 4.50. The van der Waals surface area contributed by atoms with Gasteiger partial charge < -0.3 is 5.32 Å². The number of hydrogen-bond donors (Lipinski definition) is 1. The number of nitrogens with one attached hydrogen (secondary N) is 1. The number of alkyl halides is 3. The molecule has 1 aliphatic heterocycles. The summed E-state index contributed by atoms with van der Waals surface area (Å²) in [6.45, 7) is 2.06. The molecule has 0 amide bonds. The molecule has 1 unspecified atom stereocenters. The molecule has 0 spiro atoms. The standard InChI is InChI=1S/C12H15F3N2S/c13-12(14,15)10-3-4-11(17-7-10)18-8-9-2-1-5-16-6-9/h3-4,7,9,16H,1-2,5-6,8H2. The molecule has 2 nitrogen and oxygen atoms in total. The second kappa shape index (κ2) is 5.93. The summed E-state index contributed by atoms with van der Waals surface area (Å²) in [6, 6.07) is 2.54. The third-order valence-corrected chi connectivity index (χ3v) is 4.10. The zero-order chi connectivity index (χ0) is 13.0. The summed E-state index contributed by atoms with van der Waals surface area (Å²) in [7, 11) is 0. The SMILES string of the molecule is FC(F)(F)c1ccc(SCC2CCCNC2)nc1. The van der Waals surface area contributed by atoms with Gasteiger partial charge in [0.15, 0.2) is 0 Å². The highest BCUT2D eigenvalue weighted by atomic mass is 32.2. The number of halogens is 3. The van der Waals surface area contributed by atoms with Crippen LogP contribution >= 0.6 is 11.8 Å². The number of hydrogen-bond acceptors (Lipinski definition) is 3. The lowest BCUT2D eigenvalue weighted by Crippen LogP contribution is -2.30. The van der Waals surface area contributed by atoms with Gasteiger partial charge in [-0.15, -0.1) is 11.8 Å². The van der Waals surface area contributed by atoms with Gasteiger partial charge in [0, 0.05) is 11.9 Å². The molecule has 1 saturated heterocycles. The van der Waals surface area contributed by atoms with Crippen LogP contribution in [0.5, 0.6) is 0 Å². The van der Waals surface area contributed by atoms with Gasteiger partial charge in [0.25, 0.3) is 0 Å². The van der Waals surface area contributed by atoms with Gasteiger partial charge in [0.1, 0.15) is 0 Å². The highest BCUT2D eigenvalue weighted by molar-refractivity contribution is 7.99. The Morgan fingerprint density at radius 3 is 2.78 bits per heavy atom. The molecule has 1 aromatic heterocycles. The van der Waals surface area contributed by atoms with Crippen LogP contribution in [0.15, 0.2) is 23.4 Å². The van der Waals surface area contributed by atoms with E-state index >= 15 is 0 Å². The zero-order valence-electron chi connectivity index (χ0n) is 9.83. The molecule has 2 heterocycles. The highest BCUT2D eigenvalue weighted by Crippen LogP contribution is 2.30. The van der Waals surface area contributed by atoms with E-state index in [1.807, 2.05) is 0 Å². The van der Waals surface area contributed by atoms with Crippen molar-refractivity contribution in [3.8, 4) is 0 Å². The molecule has 1 fully saturated rings. The van der Waals surface area contributed by atoms with Crippen molar-refractivity contribution in [1.29, 1.82) is 0 Å². The molecule has 0 aliphatic carbocycles. The summed E-state index contributed by atoms with van der Waals surface area (Å²) in [5.41, 5.74) is -0.689. The first kappa shape index (κ1) is 13.7. The van der Waals surface area contributed by atoms with Crippen molar-refractivity contribution in [3.63, 3.8) is 0 Å². The molecule has 0 radical (unpaired) electrons. The fourth-order valence-electron chi connectivity index (χ4n) is 1.90. The molecular weight excluding hydrogens is 261 g/mol. The third-order valence-electron chi connectivity index (χ3n) is 2.93. The van der Waals surface area contributed by atoms with Gasteiger partial charge in [0.05, 0.1) is 10.6 Å². The van der Waals surface area contributed by atoms with Gasteiger partial charge in [0.2, 0.25) is 0 Å². The van der Waals surface area contributed by atoms with Crippen LogP contribution in [0.25, 0.3) is 0 Å². The largest absolute Gasteiger partial charge is 0.417 e. The molecule has 2 rings (SSSR count). The van der Waals surface area contributed by atoms with E-state index in [-0.39, 0.29) is 0 Å². The second-order valence-electron chi connectivity index (χ2n) is 4.41. The molecular formula is C12H15F3N2S. The fraction of sp³-hybridized carbons (Fsp3) is 0.583. The molecule has 1 aromatic rings. The quantitative estimate of drug-likeness (QED) is 0.858. The maximum atomic E-state index is 12.3. The number of rotatable bonds is 3. The minimum absolute atomic E-state index is 0.591. The maximum absolute atomic E-state index is 12.3. The van der Waals surface area contributed by atoms with E-state index < -0.39 is 11.7 Å². The van der Waals surface area contributed by atoms with Crippen LogP contribution < -0.4 is 5.32 Å². The first-order chi connectivity index (χ1) is 8.55. The molecule has 0 aromatic carbocycles. The van der Waals surface area contributed by atoms with Crippen molar-refractivity contribution in [1.82, 2.24) is 10.3 Å². The smallest absolute Gasteiger partial charge is 0.316 e. The number of aromatic nitrogens is 1. The molecule has 0 saturated carbocycles. The Morgan fingerprint density at radius 2 is 2.22 bits per heavy atom. The summed E-state index contributed by atoms with van der Waals surface area (Å²) < 4.78 is 37.0. The molecule has 0 bridgehead atoms. The average molecular weight is 276 g/mol. The number of nitrogens with zero attached hydrogens (tertiary/aromatic N) is 1. The Hall–Kier alpha value is -0.750. The van der Waals surface area contributed by atoms with Crippen LogP contribution in [-0.4, -0.2) is 23.8 Å². The summed E-state index contributed by atoms with van der Waals surface area (Å²) >= 11 is 1.53. The van der Waals surface area contributed by atoms with Gasteiger partial charge >= 0.3 is 6.18 Å². The van der Waals surface area contributed by atoms with E-state index in [0.717, 1.165) is 31.1 Å². The summed E-state index contributed by atoms with van der Waals surface area (Å²) in [5, 5.41) is 3.98. The average Bonchev–Trinajstić information content (AvgIpc) is 2.37. The second-order valence-corrected chi connectivity index (χ2v) is 5.45. The van der Waals surface area contributed by atoms with Crippen LogP contribution in [0.2, 0.25) is 0 Å². The Labute approximate surface area is 108 Å². The number of thioether (sulfide) groups is 1. The summed E-state index contributed by atoms with van der Waals surface area (Å²) in [5.74, 6) is 1.50. The van der Waals surface area contributed by atoms with E-state index in [1.54, 1.807) is 0 Å². The lowest BCUT2D eigenvalue weighted by molar-refractivity contribution is -0.137. The first-order valence-electron chi connectivity index (χ1n) is 5.92. The van der Waals surface area contributed by atoms with Gasteiger partial charge in [-0.25, -0.2) is 4.98 Å². The zero-order valence-corrected chi connectivity index (χ0v) is 10.7. The number of piperidine rings is 1. The Morgan fingerprint density at radius 1 is 1.39 bits per heavy atom. The predicted octanol–water partition coefficient (Wildman–Crippen LogP) is 3.19. The van der Waals surface area contributed by atoms with Crippen LogP contribution in [0.4, 0.5) is 13.2 Å². The van der Waals surface area contributed by atoms with Crippen molar-refractivity contribution in [2.24, 2.45) is 5.92 Å². The van der Waals surface area contributed by atoms with Crippen molar-refractivity contribution in [3.05, 3.63) is 23.9 Å². The van der Waals surface area contributed by atoms with Gasteiger partial charge in [-0.2, -0.15) is 13.2 Å². The molecule has 100 valence electrons. The van der Waals surface area contributed by atoms with E-state index in [9.17, 15) is 13.2 Å². The van der Waals surface area contributed by atoms with E-state index in [4.69, 9.17) is 0 Å². The topological polar surface area (TPSA) is 24.9 Å². The van der Waals surface area contributed by atoms with Crippen LogP contribution in [0, 0.1) is 5.92 Å². The minimum Gasteiger partial charge on any atom is -0.316 e. The third kappa shape index (κ3) is 3.88. The monoisotopic (exact) mass is 276 g/mol. The number of pyridine rings is 1. The van der Waals surface area contributed by atoms with Crippen molar-refractivity contribution in [2.75, 3.05) is 18.8 Å². The highest BCUT2D eigenvalue weighted by Gasteiger charge is 2.30. The molecule has 1 aliphatic rings. The fourth-order valence-corrected chi connectivity index (χ4v) is 2.89. The maximum Gasteiger partial charge on any atom is 0.417 e. The summed E-state index contributed by atoms with van der Waals surface area (Å²) in [4.78, 5) is 3.85. The molecule has 1 atom stereocenters. The van der Waals surface area contributed by atoms with Crippen molar-refractivity contribution in [2.45, 2.75) is 24.0 Å². The molecule has 6 heteroatoms. The lowest BCUT2D eigenvalue weighted by Gasteiger charge is -2.21. The van der Waals surface area contributed by atoms with Crippen LogP contribution in [0.1, 0.15) is 18.4 Å². The molecule has 1 N–H and O–H groups in total. The van der Waals surface area contributed by atoms with Crippen molar-refractivity contribution >= 4 is 11.8 Å². The van der Waals surface area contributed by atoms with Gasteiger partial charge in [-0.05, 0) is 44.0 Å². The van der Waals surface area contributed by atoms with Gasteiger partial charge in [-0.3, -0.25) is 0 Å². The summed E-state index contributed by atoms with van der Waals surface area (Å²) in [6.07, 6.45) is -1.04. The van der Waals surface area contributed by atoms with E-state index in [0.29, 0.717) is 10.9 Å². The first-order valence-corrected chi connectivity index (χ1v) is 6.91. The Bertz CT molecular complexity index is 372. The normalized spacial score (nSPS) is 20.9. The van der Waals surface area contributed by atoms with E-state index in [1.165, 1.54) is 30.7 Å². The predicted molar refractivity (Wildman–Crippen MR) is 65.6 cm³/mol. The Balaban J connectivity index is 1.86. The van der Waals surface area contributed by atoms with E-state index in [2.05, 4.69) is 10.3 Å². The van der Waals surface area contributed by atoms with Gasteiger partial charge in [-0.1, -0.05) is 0 Å².